The second-order valence-corrected chi connectivity index (χ2v) is 5.26. The molecule has 21 heavy (non-hydrogen) atoms. The van der Waals surface area contributed by atoms with Crippen LogP contribution in [0.5, 0.6) is 0 Å². The molecule has 1 aliphatic heterocycles. The van der Waals surface area contributed by atoms with Crippen LogP contribution >= 0.6 is 0 Å². The summed E-state index contributed by atoms with van der Waals surface area (Å²) < 4.78 is 0. The maximum atomic E-state index is 4.75. The highest BCUT2D eigenvalue weighted by molar-refractivity contribution is 5.56. The van der Waals surface area contributed by atoms with Crippen LogP contribution in [0.1, 0.15) is 17.7 Å². The van der Waals surface area contributed by atoms with Gasteiger partial charge in [0.2, 0.25) is 0 Å². The Morgan fingerprint density at radius 3 is 2.81 bits per heavy atom. The van der Waals surface area contributed by atoms with Gasteiger partial charge in [-0.1, -0.05) is 0 Å². The summed E-state index contributed by atoms with van der Waals surface area (Å²) in [6.07, 6.45) is 6.16. The molecule has 0 aliphatic carbocycles. The Morgan fingerprint density at radius 2 is 2.00 bits per heavy atom. The van der Waals surface area contributed by atoms with Gasteiger partial charge >= 0.3 is 0 Å². The van der Waals surface area contributed by atoms with Gasteiger partial charge < -0.3 is 10.2 Å². The molecule has 0 atom stereocenters. The van der Waals surface area contributed by atoms with Crippen molar-refractivity contribution in [1.82, 2.24) is 25.3 Å². The van der Waals surface area contributed by atoms with Crippen molar-refractivity contribution in [3.05, 3.63) is 29.8 Å². The fourth-order valence-electron chi connectivity index (χ4n) is 2.51. The van der Waals surface area contributed by atoms with Crippen LogP contribution in [-0.4, -0.2) is 46.1 Å². The molecule has 0 radical (unpaired) electrons. The predicted octanol–water partition coefficient (Wildman–Crippen LogP) is 1.35. The second kappa shape index (κ2) is 6.13. The van der Waals surface area contributed by atoms with Gasteiger partial charge in [0.15, 0.2) is 5.82 Å². The third kappa shape index (κ3) is 3.00. The molecule has 6 heteroatoms. The van der Waals surface area contributed by atoms with Crippen molar-refractivity contribution < 1.29 is 0 Å². The van der Waals surface area contributed by atoms with Gasteiger partial charge in [-0.05, 0) is 26.8 Å². The number of anilines is 1. The van der Waals surface area contributed by atoms with Crippen molar-refractivity contribution in [1.29, 1.82) is 0 Å². The fourth-order valence-corrected chi connectivity index (χ4v) is 2.51. The van der Waals surface area contributed by atoms with E-state index in [2.05, 4.69) is 32.1 Å². The van der Waals surface area contributed by atoms with Crippen LogP contribution in [0.15, 0.2) is 18.6 Å². The third-order valence-corrected chi connectivity index (χ3v) is 3.80. The summed E-state index contributed by atoms with van der Waals surface area (Å²) in [6.45, 7) is 8.15. The monoisotopic (exact) mass is 284 g/mol. The molecule has 3 rings (SSSR count). The molecular formula is C15H20N6. The molecule has 0 saturated carbocycles. The molecule has 0 aromatic carbocycles. The molecule has 1 aliphatic rings. The average molecular weight is 284 g/mol. The average Bonchev–Trinajstić information content (AvgIpc) is 2.80. The lowest BCUT2D eigenvalue weighted by molar-refractivity contribution is 0.724. The Labute approximate surface area is 124 Å². The van der Waals surface area contributed by atoms with Crippen LogP contribution in [0.3, 0.4) is 0 Å². The van der Waals surface area contributed by atoms with Gasteiger partial charge in [0.1, 0.15) is 11.5 Å². The minimum Gasteiger partial charge on any atom is -0.355 e. The number of aryl methyl sites for hydroxylation is 1. The zero-order valence-electron chi connectivity index (χ0n) is 12.5. The third-order valence-electron chi connectivity index (χ3n) is 3.80. The molecule has 0 amide bonds. The second-order valence-electron chi connectivity index (χ2n) is 5.26. The van der Waals surface area contributed by atoms with Gasteiger partial charge in [0, 0.05) is 43.3 Å². The van der Waals surface area contributed by atoms with E-state index in [4.69, 9.17) is 4.98 Å². The Bertz CT molecular complexity index is 605. The van der Waals surface area contributed by atoms with Gasteiger partial charge in [0.05, 0.1) is 6.20 Å². The molecular weight excluding hydrogens is 264 g/mol. The van der Waals surface area contributed by atoms with Crippen LogP contribution in [-0.2, 0) is 0 Å². The molecule has 2 aromatic heterocycles. The summed E-state index contributed by atoms with van der Waals surface area (Å²) in [5.41, 5.74) is 2.86. The highest BCUT2D eigenvalue weighted by Gasteiger charge is 2.17. The molecule has 0 bridgehead atoms. The summed E-state index contributed by atoms with van der Waals surface area (Å²) in [6, 6.07) is 0. The molecule has 2 aromatic rings. The largest absolute Gasteiger partial charge is 0.355 e. The van der Waals surface area contributed by atoms with Gasteiger partial charge in [-0.25, -0.2) is 15.0 Å². The molecule has 1 N–H and O–H groups in total. The Hall–Kier alpha value is -2.08. The van der Waals surface area contributed by atoms with E-state index in [0.717, 1.165) is 55.4 Å². The lowest BCUT2D eigenvalue weighted by Crippen LogP contribution is -2.29. The van der Waals surface area contributed by atoms with Crippen molar-refractivity contribution in [2.75, 3.05) is 31.1 Å². The van der Waals surface area contributed by atoms with Crippen molar-refractivity contribution >= 4 is 5.82 Å². The highest BCUT2D eigenvalue weighted by atomic mass is 15.2. The number of nitrogens with one attached hydrogen (secondary N) is 1. The first-order valence-corrected chi connectivity index (χ1v) is 7.33. The SMILES string of the molecule is Cc1nc(-c2cnccn2)nc(N2CCCNCC2)c1C. The molecule has 110 valence electrons. The lowest BCUT2D eigenvalue weighted by Gasteiger charge is -2.24. The topological polar surface area (TPSA) is 66.8 Å². The normalized spacial score (nSPS) is 15.8. The molecule has 0 spiro atoms. The molecule has 6 nitrogen and oxygen atoms in total. The summed E-state index contributed by atoms with van der Waals surface area (Å²) in [5.74, 6) is 1.67. The minimum absolute atomic E-state index is 0.651. The quantitative estimate of drug-likeness (QED) is 0.898. The number of hydrogen-bond acceptors (Lipinski definition) is 6. The van der Waals surface area contributed by atoms with E-state index in [0.29, 0.717) is 5.82 Å². The van der Waals surface area contributed by atoms with E-state index < -0.39 is 0 Å². The summed E-state index contributed by atoms with van der Waals surface area (Å²) in [5, 5.41) is 3.42. The van der Waals surface area contributed by atoms with E-state index >= 15 is 0 Å². The van der Waals surface area contributed by atoms with E-state index in [1.807, 2.05) is 6.92 Å². The molecule has 1 fully saturated rings. The Kier molecular flexibility index (Phi) is 4.06. The summed E-state index contributed by atoms with van der Waals surface area (Å²) >= 11 is 0. The van der Waals surface area contributed by atoms with E-state index in [9.17, 15) is 0 Å². The minimum atomic E-state index is 0.651. The van der Waals surface area contributed by atoms with E-state index in [-0.39, 0.29) is 0 Å². The fraction of sp³-hybridized carbons (Fsp3) is 0.467. The molecule has 0 unspecified atom stereocenters. The number of hydrogen-bond donors (Lipinski definition) is 1. The van der Waals surface area contributed by atoms with Gasteiger partial charge in [-0.3, -0.25) is 4.98 Å². The number of nitrogens with zero attached hydrogens (tertiary/aromatic N) is 5. The number of aromatic nitrogens is 4. The Balaban J connectivity index is 2.01. The van der Waals surface area contributed by atoms with Crippen molar-refractivity contribution in [2.24, 2.45) is 0 Å². The van der Waals surface area contributed by atoms with Crippen LogP contribution in [0, 0.1) is 13.8 Å². The van der Waals surface area contributed by atoms with Crippen LogP contribution in [0.25, 0.3) is 11.5 Å². The van der Waals surface area contributed by atoms with Gasteiger partial charge in [-0.2, -0.15) is 0 Å². The first-order valence-electron chi connectivity index (χ1n) is 7.33. The lowest BCUT2D eigenvalue weighted by atomic mass is 10.2. The summed E-state index contributed by atoms with van der Waals surface area (Å²) in [4.78, 5) is 20.1. The van der Waals surface area contributed by atoms with Gasteiger partial charge in [0.25, 0.3) is 0 Å². The highest BCUT2D eigenvalue weighted by Crippen LogP contribution is 2.23. The smallest absolute Gasteiger partial charge is 0.182 e. The van der Waals surface area contributed by atoms with Crippen LogP contribution in [0.2, 0.25) is 0 Å². The van der Waals surface area contributed by atoms with Gasteiger partial charge in [-0.15, -0.1) is 0 Å². The zero-order valence-corrected chi connectivity index (χ0v) is 12.5. The van der Waals surface area contributed by atoms with Crippen LogP contribution < -0.4 is 10.2 Å². The maximum Gasteiger partial charge on any atom is 0.182 e. The van der Waals surface area contributed by atoms with Crippen molar-refractivity contribution in [3.8, 4) is 11.5 Å². The first-order chi connectivity index (χ1) is 10.3. The maximum absolute atomic E-state index is 4.75. The molecule has 3 heterocycles. The van der Waals surface area contributed by atoms with E-state index in [1.54, 1.807) is 18.6 Å². The Morgan fingerprint density at radius 1 is 1.10 bits per heavy atom. The standard InChI is InChI=1S/C15H20N6/c1-11-12(2)19-14(13-10-17-5-6-18-13)20-15(11)21-8-3-4-16-7-9-21/h5-6,10,16H,3-4,7-9H2,1-2H3. The van der Waals surface area contributed by atoms with E-state index in [1.165, 1.54) is 0 Å². The van der Waals surface area contributed by atoms with Crippen molar-refractivity contribution in [3.63, 3.8) is 0 Å². The zero-order chi connectivity index (χ0) is 14.7. The molecule has 1 saturated heterocycles. The van der Waals surface area contributed by atoms with Crippen molar-refractivity contribution in [2.45, 2.75) is 20.3 Å². The number of rotatable bonds is 2. The summed E-state index contributed by atoms with van der Waals surface area (Å²) in [7, 11) is 0. The van der Waals surface area contributed by atoms with Crippen LogP contribution in [0.4, 0.5) is 5.82 Å². The predicted molar refractivity (Wildman–Crippen MR) is 82.2 cm³/mol. The first kappa shape index (κ1) is 13.9.